The number of fused-ring (bicyclic) bond motifs is 1. The van der Waals surface area contributed by atoms with Crippen LogP contribution in [0.3, 0.4) is 0 Å². The number of nitrogens with zero attached hydrogens (tertiary/aromatic N) is 2. The summed E-state index contributed by atoms with van der Waals surface area (Å²) in [7, 11) is 2.80. The van der Waals surface area contributed by atoms with Crippen molar-refractivity contribution >= 4 is 16.7 Å². The van der Waals surface area contributed by atoms with Gasteiger partial charge in [-0.15, -0.1) is 0 Å². The van der Waals surface area contributed by atoms with Gasteiger partial charge in [-0.25, -0.2) is 9.97 Å². The van der Waals surface area contributed by atoms with E-state index in [4.69, 9.17) is 9.47 Å². The van der Waals surface area contributed by atoms with Crippen LogP contribution in [0.2, 0.25) is 0 Å². The van der Waals surface area contributed by atoms with Crippen LogP contribution < -0.4 is 14.8 Å². The normalized spacial score (nSPS) is 13.0. The first kappa shape index (κ1) is 18.1. The molecule has 0 bridgehead atoms. The Labute approximate surface area is 136 Å². The van der Waals surface area contributed by atoms with Crippen molar-refractivity contribution in [1.29, 1.82) is 0 Å². The summed E-state index contributed by atoms with van der Waals surface area (Å²) in [4.78, 5) is 7.16. The minimum atomic E-state index is -4.70. The molecular formula is C15H18F3N3O3. The van der Waals surface area contributed by atoms with Crippen LogP contribution in [-0.4, -0.2) is 41.9 Å². The van der Waals surface area contributed by atoms with E-state index in [-0.39, 0.29) is 23.7 Å². The SMILES string of the molecule is CCC(CO)Nc1nc(C(F)(F)F)nc2cc(OC)c(OC)cc12. The summed E-state index contributed by atoms with van der Waals surface area (Å²) in [5.74, 6) is -0.683. The number of aliphatic hydroxyl groups excluding tert-OH is 1. The van der Waals surface area contributed by atoms with Gasteiger partial charge in [0.05, 0.1) is 32.4 Å². The minimum absolute atomic E-state index is 0.0193. The Hall–Kier alpha value is -2.29. The molecule has 1 aromatic heterocycles. The van der Waals surface area contributed by atoms with E-state index in [0.29, 0.717) is 17.6 Å². The Morgan fingerprint density at radius 3 is 2.29 bits per heavy atom. The van der Waals surface area contributed by atoms with E-state index in [1.54, 1.807) is 6.92 Å². The van der Waals surface area contributed by atoms with E-state index in [9.17, 15) is 18.3 Å². The van der Waals surface area contributed by atoms with Gasteiger partial charge in [-0.2, -0.15) is 13.2 Å². The Bertz CT molecular complexity index is 718. The molecule has 24 heavy (non-hydrogen) atoms. The number of anilines is 1. The monoisotopic (exact) mass is 345 g/mol. The molecule has 132 valence electrons. The van der Waals surface area contributed by atoms with Gasteiger partial charge in [-0.05, 0) is 12.5 Å². The maximum Gasteiger partial charge on any atom is 0.451 e. The van der Waals surface area contributed by atoms with Crippen LogP contribution in [0.15, 0.2) is 12.1 Å². The lowest BCUT2D eigenvalue weighted by molar-refractivity contribution is -0.144. The molecule has 0 aliphatic carbocycles. The van der Waals surface area contributed by atoms with Crippen molar-refractivity contribution in [3.8, 4) is 11.5 Å². The number of hydrogen-bond acceptors (Lipinski definition) is 6. The molecule has 1 aromatic carbocycles. The zero-order valence-electron chi connectivity index (χ0n) is 13.4. The average molecular weight is 345 g/mol. The number of rotatable bonds is 6. The van der Waals surface area contributed by atoms with Gasteiger partial charge in [0.2, 0.25) is 5.82 Å². The van der Waals surface area contributed by atoms with E-state index >= 15 is 0 Å². The van der Waals surface area contributed by atoms with Crippen LogP contribution in [0.5, 0.6) is 11.5 Å². The predicted molar refractivity (Wildman–Crippen MR) is 82.4 cm³/mol. The average Bonchev–Trinajstić information content (AvgIpc) is 2.56. The summed E-state index contributed by atoms with van der Waals surface area (Å²) in [5.41, 5.74) is 0.0604. The molecule has 9 heteroatoms. The number of ether oxygens (including phenoxy) is 2. The number of benzene rings is 1. The first-order valence-electron chi connectivity index (χ1n) is 7.22. The molecule has 0 saturated heterocycles. The van der Waals surface area contributed by atoms with Gasteiger partial charge in [0.15, 0.2) is 11.5 Å². The van der Waals surface area contributed by atoms with Gasteiger partial charge in [0.25, 0.3) is 0 Å². The van der Waals surface area contributed by atoms with Gasteiger partial charge in [-0.3, -0.25) is 0 Å². The van der Waals surface area contributed by atoms with Crippen LogP contribution in [-0.2, 0) is 6.18 Å². The molecule has 2 aromatic rings. The molecule has 6 nitrogen and oxygen atoms in total. The molecule has 1 unspecified atom stereocenters. The fourth-order valence-electron chi connectivity index (χ4n) is 2.16. The van der Waals surface area contributed by atoms with Crippen LogP contribution >= 0.6 is 0 Å². The third-order valence-corrected chi connectivity index (χ3v) is 3.51. The molecule has 0 aliphatic heterocycles. The summed E-state index contributed by atoms with van der Waals surface area (Å²) in [6.45, 7) is 1.56. The standard InChI is InChI=1S/C15H18F3N3O3/c1-4-8(7-22)19-13-9-5-11(23-2)12(24-3)6-10(9)20-14(21-13)15(16,17)18/h5-6,8,22H,4,7H2,1-3H3,(H,19,20,21). The van der Waals surface area contributed by atoms with Gasteiger partial charge in [-0.1, -0.05) is 6.92 Å². The molecule has 0 fully saturated rings. The molecule has 2 rings (SSSR count). The molecule has 1 heterocycles. The van der Waals surface area contributed by atoms with Crippen molar-refractivity contribution in [2.24, 2.45) is 0 Å². The highest BCUT2D eigenvalue weighted by Gasteiger charge is 2.36. The lowest BCUT2D eigenvalue weighted by Gasteiger charge is -2.18. The fraction of sp³-hybridized carbons (Fsp3) is 0.467. The lowest BCUT2D eigenvalue weighted by atomic mass is 10.1. The first-order chi connectivity index (χ1) is 11.3. The Kier molecular flexibility index (Phi) is 5.33. The van der Waals surface area contributed by atoms with Crippen molar-refractivity contribution in [3.05, 3.63) is 18.0 Å². The third-order valence-electron chi connectivity index (χ3n) is 3.51. The van der Waals surface area contributed by atoms with Gasteiger partial charge in [0.1, 0.15) is 5.82 Å². The third kappa shape index (κ3) is 3.61. The number of halogens is 3. The summed E-state index contributed by atoms with van der Waals surface area (Å²) in [6.07, 6.45) is -4.19. The number of aromatic nitrogens is 2. The van der Waals surface area contributed by atoms with E-state index in [0.717, 1.165) is 0 Å². The zero-order valence-corrected chi connectivity index (χ0v) is 13.4. The van der Waals surface area contributed by atoms with Crippen LogP contribution in [0.25, 0.3) is 10.9 Å². The maximum atomic E-state index is 13.1. The Balaban J connectivity index is 2.70. The number of alkyl halides is 3. The zero-order chi connectivity index (χ0) is 17.9. The van der Waals surface area contributed by atoms with E-state index in [1.165, 1.54) is 26.4 Å². The number of hydrogen-bond donors (Lipinski definition) is 2. The van der Waals surface area contributed by atoms with E-state index < -0.39 is 18.0 Å². The smallest absolute Gasteiger partial charge is 0.451 e. The minimum Gasteiger partial charge on any atom is -0.493 e. The molecule has 0 amide bonds. The molecule has 1 atom stereocenters. The molecule has 0 radical (unpaired) electrons. The van der Waals surface area contributed by atoms with Crippen LogP contribution in [0.1, 0.15) is 19.2 Å². The van der Waals surface area contributed by atoms with E-state index in [2.05, 4.69) is 15.3 Å². The van der Waals surface area contributed by atoms with Gasteiger partial charge < -0.3 is 19.9 Å². The van der Waals surface area contributed by atoms with Crippen molar-refractivity contribution in [1.82, 2.24) is 9.97 Å². The van der Waals surface area contributed by atoms with Crippen molar-refractivity contribution in [2.45, 2.75) is 25.6 Å². The van der Waals surface area contributed by atoms with Gasteiger partial charge >= 0.3 is 6.18 Å². The van der Waals surface area contributed by atoms with E-state index in [1.807, 2.05) is 0 Å². The van der Waals surface area contributed by atoms with Gasteiger partial charge in [0, 0.05) is 11.5 Å². The molecule has 2 N–H and O–H groups in total. The quantitative estimate of drug-likeness (QED) is 0.838. The first-order valence-corrected chi connectivity index (χ1v) is 7.22. The van der Waals surface area contributed by atoms with Crippen molar-refractivity contribution < 1.29 is 27.8 Å². The predicted octanol–water partition coefficient (Wildman–Crippen LogP) is 2.85. The molecule has 0 saturated carbocycles. The highest BCUT2D eigenvalue weighted by molar-refractivity contribution is 5.92. The second kappa shape index (κ2) is 7.08. The van der Waals surface area contributed by atoms with Crippen LogP contribution in [0, 0.1) is 0 Å². The highest BCUT2D eigenvalue weighted by Crippen LogP contribution is 2.36. The largest absolute Gasteiger partial charge is 0.493 e. The summed E-state index contributed by atoms with van der Waals surface area (Å²) in [5, 5.41) is 12.5. The highest BCUT2D eigenvalue weighted by atomic mass is 19.4. The van der Waals surface area contributed by atoms with Crippen molar-refractivity contribution in [3.63, 3.8) is 0 Å². The molecular weight excluding hydrogens is 327 g/mol. The van der Waals surface area contributed by atoms with Crippen LogP contribution in [0.4, 0.5) is 19.0 Å². The number of aliphatic hydroxyl groups is 1. The lowest BCUT2D eigenvalue weighted by Crippen LogP contribution is -2.24. The summed E-state index contributed by atoms with van der Waals surface area (Å²) in [6, 6.07) is 2.42. The topological polar surface area (TPSA) is 76.5 Å². The second-order valence-electron chi connectivity index (χ2n) is 5.05. The Morgan fingerprint density at radius 2 is 1.79 bits per heavy atom. The maximum absolute atomic E-state index is 13.1. The number of methoxy groups -OCH3 is 2. The second-order valence-corrected chi connectivity index (χ2v) is 5.05. The number of nitrogens with one attached hydrogen (secondary N) is 1. The summed E-state index contributed by atoms with van der Waals surface area (Å²) < 4.78 is 49.5. The fourth-order valence-corrected chi connectivity index (χ4v) is 2.16. The molecule has 0 spiro atoms. The van der Waals surface area contributed by atoms with Crippen molar-refractivity contribution in [2.75, 3.05) is 26.1 Å². The Morgan fingerprint density at radius 1 is 1.17 bits per heavy atom. The molecule has 0 aliphatic rings. The summed E-state index contributed by atoms with van der Waals surface area (Å²) >= 11 is 0.